The second kappa shape index (κ2) is 6.41. The molecular formula is C20H21N3O3S. The quantitative estimate of drug-likeness (QED) is 0.786. The Morgan fingerprint density at radius 2 is 2.04 bits per heavy atom. The number of likely N-dealkylation sites (tertiary alicyclic amines) is 1. The Hall–Kier alpha value is -2.28. The first-order valence-electron chi connectivity index (χ1n) is 9.40. The number of amidine groups is 1. The molecule has 0 N–H and O–H groups in total. The highest BCUT2D eigenvalue weighted by Gasteiger charge is 2.43. The fourth-order valence-corrected chi connectivity index (χ4v) is 5.22. The monoisotopic (exact) mass is 383 g/mol. The van der Waals surface area contributed by atoms with E-state index in [1.165, 1.54) is 0 Å². The number of nitrogens with zero attached hydrogens (tertiary/aromatic N) is 3. The van der Waals surface area contributed by atoms with Crippen LogP contribution in [0.15, 0.2) is 40.4 Å². The van der Waals surface area contributed by atoms with Gasteiger partial charge in [0.1, 0.15) is 11.4 Å². The molecule has 27 heavy (non-hydrogen) atoms. The van der Waals surface area contributed by atoms with E-state index in [0.717, 1.165) is 24.0 Å². The molecule has 7 heteroatoms. The summed E-state index contributed by atoms with van der Waals surface area (Å²) in [5.74, 6) is 0.973. The van der Waals surface area contributed by atoms with Gasteiger partial charge in [-0.05, 0) is 17.5 Å². The summed E-state index contributed by atoms with van der Waals surface area (Å²) in [4.78, 5) is 33.8. The zero-order chi connectivity index (χ0) is 18.4. The van der Waals surface area contributed by atoms with Crippen molar-refractivity contribution in [1.29, 1.82) is 0 Å². The fourth-order valence-electron chi connectivity index (χ4n) is 4.27. The number of Topliss-reactive ketones (excluding diaryl/α,β-unsaturated/α-hetero) is 1. The lowest BCUT2D eigenvalue weighted by molar-refractivity contribution is -0.134. The first-order chi connectivity index (χ1) is 13.1. The number of ether oxygens (including phenoxy) is 1. The Labute approximate surface area is 162 Å². The van der Waals surface area contributed by atoms with Gasteiger partial charge in [0.05, 0.1) is 24.9 Å². The van der Waals surface area contributed by atoms with Gasteiger partial charge in [0.25, 0.3) is 0 Å². The van der Waals surface area contributed by atoms with Crippen molar-refractivity contribution in [1.82, 2.24) is 9.80 Å². The molecule has 4 aliphatic heterocycles. The predicted molar refractivity (Wildman–Crippen MR) is 104 cm³/mol. The molecule has 0 unspecified atom stereocenters. The van der Waals surface area contributed by atoms with Gasteiger partial charge < -0.3 is 14.5 Å². The van der Waals surface area contributed by atoms with Crippen LogP contribution in [0.25, 0.3) is 0 Å². The lowest BCUT2D eigenvalue weighted by Crippen LogP contribution is -2.52. The summed E-state index contributed by atoms with van der Waals surface area (Å²) in [6, 6.07) is 7.45. The zero-order valence-corrected chi connectivity index (χ0v) is 15.8. The van der Waals surface area contributed by atoms with Gasteiger partial charge in [-0.25, -0.2) is 0 Å². The molecule has 0 atom stereocenters. The second-order valence-corrected chi connectivity index (χ2v) is 8.32. The van der Waals surface area contributed by atoms with Crippen LogP contribution in [0, 0.1) is 0 Å². The molecule has 1 amide bonds. The standard InChI is InChI=1S/C20H21N3O3S/c24-16-12-20(26-17-4-2-1-3-15(16)17)5-8-22(9-6-20)18(25)11-14-13-27-19-21-7-10-23(14)19/h1-4,13H,5-12H2. The molecule has 5 rings (SSSR count). The van der Waals surface area contributed by atoms with Crippen LogP contribution in [0.1, 0.15) is 36.0 Å². The maximum Gasteiger partial charge on any atom is 0.228 e. The number of benzene rings is 1. The molecule has 1 aromatic rings. The summed E-state index contributed by atoms with van der Waals surface area (Å²) < 4.78 is 6.25. The average Bonchev–Trinajstić information content (AvgIpc) is 3.27. The first kappa shape index (κ1) is 16.9. The van der Waals surface area contributed by atoms with E-state index in [4.69, 9.17) is 4.74 Å². The van der Waals surface area contributed by atoms with E-state index in [-0.39, 0.29) is 11.7 Å². The topological polar surface area (TPSA) is 62.2 Å². The van der Waals surface area contributed by atoms with Crippen LogP contribution in [-0.4, -0.2) is 58.4 Å². The largest absolute Gasteiger partial charge is 0.486 e. The minimum absolute atomic E-state index is 0.144. The molecule has 4 heterocycles. The van der Waals surface area contributed by atoms with Gasteiger partial charge in [0.2, 0.25) is 5.91 Å². The van der Waals surface area contributed by atoms with Crippen LogP contribution >= 0.6 is 11.8 Å². The number of para-hydroxylation sites is 1. The van der Waals surface area contributed by atoms with Crippen molar-refractivity contribution in [3.63, 3.8) is 0 Å². The molecule has 0 bridgehead atoms. The van der Waals surface area contributed by atoms with Crippen molar-refractivity contribution in [3.05, 3.63) is 40.9 Å². The summed E-state index contributed by atoms with van der Waals surface area (Å²) >= 11 is 1.61. The minimum Gasteiger partial charge on any atom is -0.486 e. The first-order valence-corrected chi connectivity index (χ1v) is 10.3. The van der Waals surface area contributed by atoms with E-state index < -0.39 is 5.60 Å². The Morgan fingerprint density at radius 1 is 1.22 bits per heavy atom. The number of amides is 1. The Morgan fingerprint density at radius 3 is 2.89 bits per heavy atom. The normalized spacial score (nSPS) is 22.9. The molecule has 0 aliphatic carbocycles. The zero-order valence-electron chi connectivity index (χ0n) is 15.0. The van der Waals surface area contributed by atoms with Crippen molar-refractivity contribution < 1.29 is 14.3 Å². The van der Waals surface area contributed by atoms with Crippen molar-refractivity contribution in [2.45, 2.75) is 31.3 Å². The van der Waals surface area contributed by atoms with E-state index in [0.29, 0.717) is 50.1 Å². The van der Waals surface area contributed by atoms with E-state index in [1.54, 1.807) is 11.8 Å². The van der Waals surface area contributed by atoms with Crippen LogP contribution < -0.4 is 4.74 Å². The molecule has 140 valence electrons. The van der Waals surface area contributed by atoms with Crippen LogP contribution in [-0.2, 0) is 4.79 Å². The predicted octanol–water partition coefficient (Wildman–Crippen LogP) is 2.66. The van der Waals surface area contributed by atoms with Gasteiger partial charge in [-0.1, -0.05) is 23.9 Å². The number of hydrogen-bond acceptors (Lipinski definition) is 6. The van der Waals surface area contributed by atoms with E-state index in [2.05, 4.69) is 9.89 Å². The van der Waals surface area contributed by atoms with Crippen LogP contribution in [0.2, 0.25) is 0 Å². The molecule has 1 saturated heterocycles. The number of piperidine rings is 1. The van der Waals surface area contributed by atoms with E-state index in [9.17, 15) is 9.59 Å². The molecule has 0 radical (unpaired) electrons. The number of thioether (sulfide) groups is 1. The SMILES string of the molecule is O=C1CC2(CCN(C(=O)CC3=CSC4=NCCN34)CC2)Oc2ccccc21. The Bertz CT molecular complexity index is 871. The lowest BCUT2D eigenvalue weighted by Gasteiger charge is -2.44. The van der Waals surface area contributed by atoms with Crippen LogP contribution in [0.3, 0.4) is 0 Å². The lowest BCUT2D eigenvalue weighted by atomic mass is 9.82. The van der Waals surface area contributed by atoms with Gasteiger partial charge in [0, 0.05) is 38.2 Å². The molecule has 6 nitrogen and oxygen atoms in total. The number of hydrogen-bond donors (Lipinski definition) is 0. The number of aliphatic imine (C=N–C) groups is 1. The summed E-state index contributed by atoms with van der Waals surface area (Å²) in [6.45, 7) is 2.96. The van der Waals surface area contributed by atoms with Crippen LogP contribution in [0.5, 0.6) is 5.75 Å². The molecule has 0 saturated carbocycles. The summed E-state index contributed by atoms with van der Waals surface area (Å²) in [6.07, 6.45) is 2.22. The minimum atomic E-state index is -0.459. The van der Waals surface area contributed by atoms with Crippen molar-refractivity contribution >= 4 is 28.6 Å². The van der Waals surface area contributed by atoms with Gasteiger partial charge in [0.15, 0.2) is 11.0 Å². The van der Waals surface area contributed by atoms with Gasteiger partial charge in [-0.3, -0.25) is 14.6 Å². The second-order valence-electron chi connectivity index (χ2n) is 7.48. The van der Waals surface area contributed by atoms with Crippen molar-refractivity contribution in [2.24, 2.45) is 4.99 Å². The van der Waals surface area contributed by atoms with Crippen molar-refractivity contribution in [2.75, 3.05) is 26.2 Å². The third-order valence-electron chi connectivity index (χ3n) is 5.81. The fraction of sp³-hybridized carbons (Fsp3) is 0.450. The molecule has 4 aliphatic rings. The molecular weight excluding hydrogens is 362 g/mol. The highest BCUT2D eigenvalue weighted by molar-refractivity contribution is 8.16. The molecule has 1 aromatic carbocycles. The number of carbonyl (C=O) groups excluding carboxylic acids is 2. The summed E-state index contributed by atoms with van der Waals surface area (Å²) in [5, 5.41) is 3.06. The maximum atomic E-state index is 12.8. The highest BCUT2D eigenvalue weighted by Crippen LogP contribution is 2.39. The smallest absolute Gasteiger partial charge is 0.228 e. The highest BCUT2D eigenvalue weighted by atomic mass is 32.2. The maximum absolute atomic E-state index is 12.8. The number of rotatable bonds is 2. The number of fused-ring (bicyclic) bond motifs is 2. The molecule has 0 aromatic heterocycles. The Kier molecular flexibility index (Phi) is 4.00. The van der Waals surface area contributed by atoms with Crippen LogP contribution in [0.4, 0.5) is 0 Å². The van der Waals surface area contributed by atoms with E-state index in [1.807, 2.05) is 34.6 Å². The molecule has 1 spiro atoms. The van der Waals surface area contributed by atoms with E-state index >= 15 is 0 Å². The molecule has 1 fully saturated rings. The third kappa shape index (κ3) is 2.94. The summed E-state index contributed by atoms with van der Waals surface area (Å²) in [5.41, 5.74) is 1.27. The Balaban J connectivity index is 1.22. The summed E-state index contributed by atoms with van der Waals surface area (Å²) in [7, 11) is 0. The van der Waals surface area contributed by atoms with Gasteiger partial charge in [-0.15, -0.1) is 0 Å². The third-order valence-corrected chi connectivity index (χ3v) is 6.76. The van der Waals surface area contributed by atoms with Gasteiger partial charge >= 0.3 is 0 Å². The average molecular weight is 383 g/mol. The van der Waals surface area contributed by atoms with Gasteiger partial charge in [-0.2, -0.15) is 0 Å². The number of carbonyl (C=O) groups is 2. The van der Waals surface area contributed by atoms with Crippen molar-refractivity contribution in [3.8, 4) is 5.75 Å². The number of ketones is 1.